The average Bonchev–Trinajstić information content (AvgIpc) is 2.99. The van der Waals surface area contributed by atoms with Gasteiger partial charge >= 0.3 is 5.97 Å². The number of hydrogen-bond donors (Lipinski definition) is 1. The Morgan fingerprint density at radius 3 is 2.45 bits per heavy atom. The number of amides is 1. The summed E-state index contributed by atoms with van der Waals surface area (Å²) in [6.45, 7) is 13.4. The van der Waals surface area contributed by atoms with Gasteiger partial charge in [0.15, 0.2) is 5.78 Å². The zero-order valence-corrected chi connectivity index (χ0v) is 18.2. The van der Waals surface area contributed by atoms with Gasteiger partial charge in [-0.25, -0.2) is 4.79 Å². The van der Waals surface area contributed by atoms with Gasteiger partial charge in [0.2, 0.25) is 5.91 Å². The van der Waals surface area contributed by atoms with Gasteiger partial charge in [-0.15, -0.1) is 0 Å². The molecule has 8 heteroatoms. The minimum Gasteiger partial charge on any atom is -0.461 e. The molecule has 0 spiro atoms. The highest BCUT2D eigenvalue weighted by Gasteiger charge is 2.26. The number of nitrogens with one attached hydrogen (secondary N) is 1. The van der Waals surface area contributed by atoms with Crippen molar-refractivity contribution in [2.45, 2.75) is 34.6 Å². The third-order valence-electron chi connectivity index (χ3n) is 5.13. The quantitative estimate of drug-likeness (QED) is 0.496. The molecule has 1 fully saturated rings. The van der Waals surface area contributed by atoms with Crippen LogP contribution in [-0.2, 0) is 14.3 Å². The van der Waals surface area contributed by atoms with Gasteiger partial charge in [-0.3, -0.25) is 14.5 Å². The van der Waals surface area contributed by atoms with E-state index in [0.29, 0.717) is 48.8 Å². The molecule has 1 aliphatic rings. The number of aryl methyl sites for hydroxylation is 1. The Morgan fingerprint density at radius 1 is 1.21 bits per heavy atom. The predicted molar refractivity (Wildman–Crippen MR) is 109 cm³/mol. The largest absolute Gasteiger partial charge is 0.461 e. The maximum absolute atomic E-state index is 13.1. The van der Waals surface area contributed by atoms with Crippen molar-refractivity contribution in [3.05, 3.63) is 22.5 Å². The molecule has 0 unspecified atom stereocenters. The number of ketones is 1. The smallest absolute Gasteiger partial charge is 0.355 e. The van der Waals surface area contributed by atoms with Crippen LogP contribution in [0.25, 0.3) is 0 Å². The highest BCUT2D eigenvalue weighted by molar-refractivity contribution is 6.04. The first-order valence-corrected chi connectivity index (χ1v) is 10.2. The Morgan fingerprint density at radius 2 is 1.86 bits per heavy atom. The minimum atomic E-state index is -0.477. The first-order valence-electron chi connectivity index (χ1n) is 10.2. The fourth-order valence-electron chi connectivity index (χ4n) is 3.55. The van der Waals surface area contributed by atoms with Gasteiger partial charge < -0.3 is 19.4 Å². The Bertz CT molecular complexity index is 735. The molecule has 0 radical (unpaired) electrons. The van der Waals surface area contributed by atoms with Crippen molar-refractivity contribution in [2.75, 3.05) is 52.5 Å². The summed E-state index contributed by atoms with van der Waals surface area (Å²) in [4.78, 5) is 44.7. The number of nitrogens with zero attached hydrogens (tertiary/aromatic N) is 2. The number of esters is 1. The van der Waals surface area contributed by atoms with E-state index in [1.807, 2.05) is 13.8 Å². The van der Waals surface area contributed by atoms with Crippen molar-refractivity contribution in [3.63, 3.8) is 0 Å². The van der Waals surface area contributed by atoms with Crippen LogP contribution in [0.15, 0.2) is 0 Å². The summed E-state index contributed by atoms with van der Waals surface area (Å²) in [6.07, 6.45) is 0. The molecule has 0 saturated carbocycles. The molecule has 2 rings (SSSR count). The molecule has 8 nitrogen and oxygen atoms in total. The van der Waals surface area contributed by atoms with Gasteiger partial charge in [0.05, 0.1) is 26.4 Å². The molecule has 162 valence electrons. The molecule has 1 N–H and O–H groups in total. The second-order valence-electron chi connectivity index (χ2n) is 7.64. The summed E-state index contributed by atoms with van der Waals surface area (Å²) in [5.41, 5.74) is 1.93. The summed E-state index contributed by atoms with van der Waals surface area (Å²) in [6, 6.07) is 0. The second kappa shape index (κ2) is 10.5. The fraction of sp³-hybridized carbons (Fsp3) is 0.667. The van der Waals surface area contributed by atoms with E-state index in [1.54, 1.807) is 25.7 Å². The van der Waals surface area contributed by atoms with Crippen LogP contribution < -0.4 is 0 Å². The maximum Gasteiger partial charge on any atom is 0.355 e. The van der Waals surface area contributed by atoms with Gasteiger partial charge in [0.25, 0.3) is 0 Å². The van der Waals surface area contributed by atoms with Crippen molar-refractivity contribution in [1.82, 2.24) is 14.8 Å². The first kappa shape index (κ1) is 23.1. The number of aromatic amines is 1. The van der Waals surface area contributed by atoms with E-state index in [2.05, 4.69) is 9.88 Å². The van der Waals surface area contributed by atoms with Crippen molar-refractivity contribution in [3.8, 4) is 0 Å². The van der Waals surface area contributed by atoms with E-state index in [9.17, 15) is 14.4 Å². The fourth-order valence-corrected chi connectivity index (χ4v) is 3.55. The van der Waals surface area contributed by atoms with E-state index in [1.165, 1.54) is 0 Å². The molecular formula is C21H33N3O5. The molecular weight excluding hydrogens is 374 g/mol. The van der Waals surface area contributed by atoms with Gasteiger partial charge in [-0.2, -0.15) is 0 Å². The molecule has 29 heavy (non-hydrogen) atoms. The third-order valence-corrected chi connectivity index (χ3v) is 5.13. The number of rotatable bonds is 9. The molecule has 0 aromatic carbocycles. The van der Waals surface area contributed by atoms with Gasteiger partial charge in [0.1, 0.15) is 5.69 Å². The maximum atomic E-state index is 13.1. The normalized spacial score (nSPS) is 14.8. The summed E-state index contributed by atoms with van der Waals surface area (Å²) < 4.78 is 10.4. The number of carbonyl (C=O) groups excluding carboxylic acids is 3. The lowest BCUT2D eigenvalue weighted by atomic mass is 10.0. The van der Waals surface area contributed by atoms with Crippen molar-refractivity contribution in [2.24, 2.45) is 5.92 Å². The lowest BCUT2D eigenvalue weighted by Gasteiger charge is -2.30. The Kier molecular flexibility index (Phi) is 8.40. The standard InChI is InChI=1S/C21H33N3O5/c1-6-29-21(27)19-15(4)18(16(5)22-19)17(25)13-24(20(26)14(2)3)8-7-23-9-11-28-12-10-23/h14,22H,6-13H2,1-5H3. The van der Waals surface area contributed by atoms with E-state index in [-0.39, 0.29) is 30.8 Å². The van der Waals surface area contributed by atoms with Crippen molar-refractivity contribution < 1.29 is 23.9 Å². The third kappa shape index (κ3) is 5.90. The highest BCUT2D eigenvalue weighted by Crippen LogP contribution is 2.20. The lowest BCUT2D eigenvalue weighted by Crippen LogP contribution is -2.45. The molecule has 1 aromatic heterocycles. The zero-order valence-electron chi connectivity index (χ0n) is 18.2. The zero-order chi connectivity index (χ0) is 21.6. The number of H-pyrrole nitrogens is 1. The number of morpholine rings is 1. The molecule has 1 amide bonds. The predicted octanol–water partition coefficient (Wildman–Crippen LogP) is 1.81. The molecule has 1 saturated heterocycles. The van der Waals surface area contributed by atoms with Crippen molar-refractivity contribution in [1.29, 1.82) is 0 Å². The molecule has 1 aromatic rings. The van der Waals surface area contributed by atoms with Gasteiger partial charge in [-0.05, 0) is 26.3 Å². The van der Waals surface area contributed by atoms with E-state index < -0.39 is 5.97 Å². The van der Waals surface area contributed by atoms with Crippen molar-refractivity contribution >= 4 is 17.7 Å². The first-order chi connectivity index (χ1) is 13.8. The monoisotopic (exact) mass is 407 g/mol. The Hall–Kier alpha value is -2.19. The number of aromatic nitrogens is 1. The summed E-state index contributed by atoms with van der Waals surface area (Å²) in [5.74, 6) is -0.906. The number of carbonyl (C=O) groups is 3. The summed E-state index contributed by atoms with van der Waals surface area (Å²) in [5, 5.41) is 0. The lowest BCUT2D eigenvalue weighted by molar-refractivity contribution is -0.134. The van der Waals surface area contributed by atoms with Crippen LogP contribution in [0, 0.1) is 19.8 Å². The van der Waals surface area contributed by atoms with Crippen LogP contribution >= 0.6 is 0 Å². The molecule has 0 atom stereocenters. The minimum absolute atomic E-state index is 0.0108. The topological polar surface area (TPSA) is 91.9 Å². The average molecular weight is 408 g/mol. The molecule has 0 aliphatic carbocycles. The second-order valence-corrected chi connectivity index (χ2v) is 7.64. The summed E-state index contributed by atoms with van der Waals surface area (Å²) in [7, 11) is 0. The Labute approximate surface area is 172 Å². The van der Waals surface area contributed by atoms with Crippen LogP contribution in [0.4, 0.5) is 0 Å². The van der Waals surface area contributed by atoms with Crippen LogP contribution in [0.1, 0.15) is 52.9 Å². The van der Waals surface area contributed by atoms with E-state index in [0.717, 1.165) is 13.1 Å². The van der Waals surface area contributed by atoms with Crippen LogP contribution in [-0.4, -0.2) is 85.0 Å². The molecule has 0 bridgehead atoms. The Balaban J connectivity index is 2.14. The van der Waals surface area contributed by atoms with Crippen LogP contribution in [0.3, 0.4) is 0 Å². The van der Waals surface area contributed by atoms with Crippen LogP contribution in [0.2, 0.25) is 0 Å². The van der Waals surface area contributed by atoms with Gasteiger partial charge in [-0.1, -0.05) is 13.8 Å². The van der Waals surface area contributed by atoms with E-state index in [4.69, 9.17) is 9.47 Å². The highest BCUT2D eigenvalue weighted by atomic mass is 16.5. The number of ether oxygens (including phenoxy) is 2. The van der Waals surface area contributed by atoms with E-state index >= 15 is 0 Å². The van der Waals surface area contributed by atoms with Crippen LogP contribution in [0.5, 0.6) is 0 Å². The van der Waals surface area contributed by atoms with Gasteiger partial charge in [0, 0.05) is 43.4 Å². The molecule has 1 aliphatic heterocycles. The summed E-state index contributed by atoms with van der Waals surface area (Å²) >= 11 is 0. The molecule has 2 heterocycles. The number of Topliss-reactive ketones (excluding diaryl/α,β-unsaturated/α-hetero) is 1. The number of hydrogen-bond acceptors (Lipinski definition) is 6. The SMILES string of the molecule is CCOC(=O)c1[nH]c(C)c(C(=O)CN(CCN2CCOCC2)C(=O)C(C)C)c1C.